The summed E-state index contributed by atoms with van der Waals surface area (Å²) in [5.41, 5.74) is -5.19. The van der Waals surface area contributed by atoms with Crippen molar-refractivity contribution in [3.05, 3.63) is 46.7 Å². The molecule has 4 rings (SSSR count). The summed E-state index contributed by atoms with van der Waals surface area (Å²) < 4.78 is 64.4. The summed E-state index contributed by atoms with van der Waals surface area (Å²) >= 11 is 0. The van der Waals surface area contributed by atoms with Gasteiger partial charge in [0.2, 0.25) is 17.3 Å². The van der Waals surface area contributed by atoms with Crippen molar-refractivity contribution in [1.82, 2.24) is 0 Å². The Kier molecular flexibility index (Phi) is 4.94. The smallest absolute Gasteiger partial charge is 0.511 e. The van der Waals surface area contributed by atoms with Crippen LogP contribution >= 0.6 is 0 Å². The molecule has 0 saturated heterocycles. The largest absolute Gasteiger partial charge is 0.534 e. The number of carbonyl (C=O) groups excluding carboxylic acids is 3. The molecule has 0 fully saturated rings. The molecule has 0 aliphatic heterocycles. The molecular weight excluding hydrogens is 503 g/mol. The van der Waals surface area contributed by atoms with E-state index in [9.17, 15) is 56.4 Å². The second-order valence-corrected chi connectivity index (χ2v) is 9.16. The van der Waals surface area contributed by atoms with E-state index in [-0.39, 0.29) is 10.9 Å². The van der Waals surface area contributed by atoms with E-state index in [1.807, 2.05) is 0 Å². The molecule has 184 valence electrons. The molecule has 0 heterocycles. The minimum absolute atomic E-state index is 0.232. The molecule has 0 radical (unpaired) electrons. The molecule has 15 heteroatoms. The maximum Gasteiger partial charge on any atom is 0.534 e. The number of aromatic hydroxyl groups is 2. The van der Waals surface area contributed by atoms with E-state index in [1.54, 1.807) is 0 Å². The van der Waals surface area contributed by atoms with Crippen LogP contribution in [0.4, 0.5) is 13.2 Å². The summed E-state index contributed by atoms with van der Waals surface area (Å²) in [4.78, 5) is 37.5. The maximum atomic E-state index is 13.2. The van der Waals surface area contributed by atoms with Crippen LogP contribution in [0.15, 0.2) is 35.6 Å². The quantitative estimate of drug-likeness (QED) is 0.222. The Hall–Kier alpha value is -4.11. The van der Waals surface area contributed by atoms with Gasteiger partial charge in [0.25, 0.3) is 0 Å². The number of aliphatic hydroxyl groups excluding tert-OH is 1. The van der Waals surface area contributed by atoms with Crippen LogP contribution in [0, 0.1) is 5.92 Å². The van der Waals surface area contributed by atoms with Gasteiger partial charge in [0.1, 0.15) is 23.0 Å². The monoisotopic (exact) mass is 515 g/mol. The van der Waals surface area contributed by atoms with Crippen LogP contribution < -0.4 is 9.92 Å². The number of amides is 1. The molecule has 0 saturated carbocycles. The minimum atomic E-state index is -6.10. The number of benzene rings is 2. The zero-order valence-corrected chi connectivity index (χ0v) is 17.6. The lowest BCUT2D eigenvalue weighted by atomic mass is 9.68. The van der Waals surface area contributed by atoms with Crippen LogP contribution in [-0.4, -0.2) is 57.4 Å². The second kappa shape index (κ2) is 7.19. The van der Waals surface area contributed by atoms with E-state index in [2.05, 4.69) is 4.18 Å². The van der Waals surface area contributed by atoms with Gasteiger partial charge in [-0.05, 0) is 35.2 Å². The number of hydrogen-bond donors (Lipinski definition) is 5. The molecular formula is C20H12F3NO10S. The molecule has 2 aromatic rings. The number of hydrogen-bond acceptors (Lipinski definition) is 10. The van der Waals surface area contributed by atoms with Crippen molar-refractivity contribution in [3.8, 4) is 17.2 Å². The summed E-state index contributed by atoms with van der Waals surface area (Å²) in [6, 6.07) is 2.15. The van der Waals surface area contributed by atoms with Crippen molar-refractivity contribution >= 4 is 44.4 Å². The number of rotatable bonds is 3. The third kappa shape index (κ3) is 3.30. The topological polar surface area (TPSA) is 202 Å². The van der Waals surface area contributed by atoms with E-state index in [0.29, 0.717) is 12.1 Å². The Labute approximate surface area is 192 Å². The fourth-order valence-electron chi connectivity index (χ4n) is 3.91. The van der Waals surface area contributed by atoms with Gasteiger partial charge in [-0.15, -0.1) is 0 Å². The van der Waals surface area contributed by atoms with E-state index >= 15 is 0 Å². The number of ketones is 2. The molecule has 0 spiro atoms. The zero-order chi connectivity index (χ0) is 26.2. The molecule has 1 amide bonds. The molecule has 6 N–H and O–H groups in total. The highest BCUT2D eigenvalue weighted by atomic mass is 32.2. The van der Waals surface area contributed by atoms with Gasteiger partial charge in [0.15, 0.2) is 11.7 Å². The van der Waals surface area contributed by atoms with Crippen molar-refractivity contribution in [2.75, 3.05) is 0 Å². The maximum absolute atomic E-state index is 13.2. The number of Topliss-reactive ketones (excluding diaryl/α,β-unsaturated/α-hetero) is 2. The van der Waals surface area contributed by atoms with Crippen LogP contribution in [0.2, 0.25) is 0 Å². The summed E-state index contributed by atoms with van der Waals surface area (Å²) in [7, 11) is -6.10. The molecule has 11 nitrogen and oxygen atoms in total. The standard InChI is InChI=1S/C20H12F3NO10S/c21-20(22,23)35(32,33)34-9-3-7-1-6-2-8-4-10(25)14(18(24)30)17(29)19(8,31)16(28)13(6)15(27)12(7)11(26)5-9/h1-5,14,25-27,31H,(H2,24,30). The number of alkyl halides is 3. The highest BCUT2D eigenvalue weighted by Crippen LogP contribution is 2.47. The van der Waals surface area contributed by atoms with Gasteiger partial charge in [0.05, 0.1) is 10.9 Å². The number of nitrogens with two attached hydrogens (primary N) is 1. The van der Waals surface area contributed by atoms with Crippen LogP contribution in [0.3, 0.4) is 0 Å². The van der Waals surface area contributed by atoms with Gasteiger partial charge < -0.3 is 30.3 Å². The summed E-state index contributed by atoms with van der Waals surface area (Å²) in [6.45, 7) is 0. The molecule has 2 atom stereocenters. The van der Waals surface area contributed by atoms with Gasteiger partial charge in [0, 0.05) is 11.6 Å². The summed E-state index contributed by atoms with van der Waals surface area (Å²) in [5.74, 6) is -10.2. The van der Waals surface area contributed by atoms with Gasteiger partial charge in [-0.3, -0.25) is 14.4 Å². The first kappa shape index (κ1) is 24.0. The summed E-state index contributed by atoms with van der Waals surface area (Å²) in [5, 5.41) is 41.0. The first-order valence-corrected chi connectivity index (χ1v) is 10.7. The number of phenols is 2. The molecule has 2 unspecified atom stereocenters. The fraction of sp³-hybridized carbons (Fsp3) is 0.150. The highest BCUT2D eigenvalue weighted by Gasteiger charge is 2.57. The molecule has 2 aliphatic carbocycles. The first-order valence-electron chi connectivity index (χ1n) is 9.27. The Balaban J connectivity index is 1.96. The second-order valence-electron chi connectivity index (χ2n) is 7.62. The van der Waals surface area contributed by atoms with Crippen molar-refractivity contribution < 1.29 is 60.6 Å². The Morgan fingerprint density at radius 1 is 1.09 bits per heavy atom. The van der Waals surface area contributed by atoms with Crippen molar-refractivity contribution in [2.45, 2.75) is 11.1 Å². The highest BCUT2D eigenvalue weighted by molar-refractivity contribution is 7.88. The number of fused-ring (bicyclic) bond motifs is 3. The molecule has 2 aromatic carbocycles. The minimum Gasteiger partial charge on any atom is -0.511 e. The molecule has 0 bridgehead atoms. The van der Waals surface area contributed by atoms with Crippen LogP contribution in [0.1, 0.15) is 15.9 Å². The Morgan fingerprint density at radius 3 is 2.29 bits per heavy atom. The average Bonchev–Trinajstić information content (AvgIpc) is 2.68. The summed E-state index contributed by atoms with van der Waals surface area (Å²) in [6.07, 6.45) is 1.70. The number of halogens is 3. The number of phenolic OH excluding ortho intramolecular Hbond substituents is 2. The average molecular weight is 515 g/mol. The SMILES string of the molecule is NC(=O)C1C(=O)C2(O)C(=O)c3c(cc4cc(OS(=O)(=O)C(F)(F)F)cc(O)c4c3O)C=C2C=C1O. The Morgan fingerprint density at radius 2 is 1.71 bits per heavy atom. The van der Waals surface area contributed by atoms with Crippen molar-refractivity contribution in [3.63, 3.8) is 0 Å². The predicted molar refractivity (Wildman–Crippen MR) is 109 cm³/mol. The van der Waals surface area contributed by atoms with Crippen molar-refractivity contribution in [1.29, 1.82) is 0 Å². The predicted octanol–water partition coefficient (Wildman–Crippen LogP) is 0.916. The normalized spacial score (nSPS) is 22.2. The molecule has 2 aliphatic rings. The molecule has 0 aromatic heterocycles. The van der Waals surface area contributed by atoms with Gasteiger partial charge in [-0.25, -0.2) is 0 Å². The third-order valence-corrected chi connectivity index (χ3v) is 6.45. The van der Waals surface area contributed by atoms with Crippen LogP contribution in [-0.2, 0) is 19.7 Å². The third-order valence-electron chi connectivity index (χ3n) is 5.47. The molecule has 35 heavy (non-hydrogen) atoms. The number of aliphatic hydroxyl groups is 2. The lowest BCUT2D eigenvalue weighted by Crippen LogP contribution is -2.56. The van der Waals surface area contributed by atoms with E-state index in [0.717, 1.165) is 18.2 Å². The van der Waals surface area contributed by atoms with Crippen molar-refractivity contribution in [2.24, 2.45) is 11.7 Å². The van der Waals surface area contributed by atoms with Gasteiger partial charge in [-0.1, -0.05) is 0 Å². The first-order chi connectivity index (χ1) is 16.0. The van der Waals surface area contributed by atoms with Crippen LogP contribution in [0.25, 0.3) is 16.8 Å². The lowest BCUT2D eigenvalue weighted by molar-refractivity contribution is -0.140. The Bertz CT molecular complexity index is 1540. The lowest BCUT2D eigenvalue weighted by Gasteiger charge is -2.36. The van der Waals surface area contributed by atoms with Gasteiger partial charge in [-0.2, -0.15) is 21.6 Å². The van der Waals surface area contributed by atoms with Crippen LogP contribution in [0.5, 0.6) is 17.2 Å². The van der Waals surface area contributed by atoms with E-state index in [4.69, 9.17) is 5.73 Å². The number of carbonyl (C=O) groups is 3. The van der Waals surface area contributed by atoms with E-state index in [1.165, 1.54) is 0 Å². The van der Waals surface area contributed by atoms with E-state index < -0.39 is 84.1 Å². The fourth-order valence-corrected chi connectivity index (χ4v) is 4.36. The zero-order valence-electron chi connectivity index (χ0n) is 16.8. The number of primary amides is 1. The van der Waals surface area contributed by atoms with Gasteiger partial charge >= 0.3 is 15.6 Å².